The van der Waals surface area contributed by atoms with Gasteiger partial charge < -0.3 is 14.9 Å². The SMILES string of the molecule is CCO[C@@H]1C/C(=C\C=C2/CCC[C@]3(C)C([C@H](C)CCC(=O)C(C)(C)O)=CCC23)C[C@@H](O)C1. The topological polar surface area (TPSA) is 66.8 Å². The Morgan fingerprint density at radius 3 is 2.78 bits per heavy atom. The Hall–Kier alpha value is -1.23. The minimum atomic E-state index is -1.24. The molecule has 0 aromatic carbocycles. The van der Waals surface area contributed by atoms with Crippen LogP contribution >= 0.6 is 0 Å². The highest BCUT2D eigenvalue weighted by Gasteiger charge is 2.46. The fourth-order valence-corrected chi connectivity index (χ4v) is 6.30. The number of ketones is 1. The van der Waals surface area contributed by atoms with Gasteiger partial charge in [-0.1, -0.05) is 48.8 Å². The number of carbonyl (C=O) groups excluding carboxylic acids is 1. The van der Waals surface area contributed by atoms with Crippen LogP contribution in [0.25, 0.3) is 0 Å². The summed E-state index contributed by atoms with van der Waals surface area (Å²) in [5, 5.41) is 20.2. The van der Waals surface area contributed by atoms with Crippen LogP contribution in [0, 0.1) is 17.3 Å². The smallest absolute Gasteiger partial charge is 0.163 e. The summed E-state index contributed by atoms with van der Waals surface area (Å²) in [6, 6.07) is 0. The molecule has 5 atom stereocenters. The van der Waals surface area contributed by atoms with E-state index in [4.69, 9.17) is 4.74 Å². The summed E-state index contributed by atoms with van der Waals surface area (Å²) in [4.78, 5) is 12.2. The van der Waals surface area contributed by atoms with Crippen molar-refractivity contribution in [3.8, 4) is 0 Å². The molecule has 0 heterocycles. The molecular weight excluding hydrogens is 400 g/mol. The maximum atomic E-state index is 12.2. The summed E-state index contributed by atoms with van der Waals surface area (Å²) in [7, 11) is 0. The summed E-state index contributed by atoms with van der Waals surface area (Å²) < 4.78 is 5.79. The average molecular weight is 445 g/mol. The Morgan fingerprint density at radius 1 is 1.34 bits per heavy atom. The molecule has 0 saturated heterocycles. The first-order valence-corrected chi connectivity index (χ1v) is 12.7. The van der Waals surface area contributed by atoms with Crippen molar-refractivity contribution in [3.63, 3.8) is 0 Å². The van der Waals surface area contributed by atoms with Crippen molar-refractivity contribution in [1.82, 2.24) is 0 Å². The second-order valence-electron chi connectivity index (χ2n) is 11.1. The molecule has 3 aliphatic rings. The molecule has 2 N–H and O–H groups in total. The third kappa shape index (κ3) is 5.81. The van der Waals surface area contributed by atoms with Crippen molar-refractivity contribution in [2.24, 2.45) is 17.3 Å². The van der Waals surface area contributed by atoms with Crippen molar-refractivity contribution in [1.29, 1.82) is 0 Å². The lowest BCUT2D eigenvalue weighted by molar-refractivity contribution is -0.134. The van der Waals surface area contributed by atoms with Crippen LogP contribution in [0.15, 0.2) is 34.9 Å². The third-order valence-corrected chi connectivity index (χ3v) is 8.09. The van der Waals surface area contributed by atoms with Gasteiger partial charge in [0.05, 0.1) is 12.2 Å². The Morgan fingerprint density at radius 2 is 2.09 bits per heavy atom. The minimum absolute atomic E-state index is 0.0690. The molecule has 0 aromatic rings. The van der Waals surface area contributed by atoms with Gasteiger partial charge in [-0.2, -0.15) is 0 Å². The fraction of sp³-hybridized carbons (Fsp3) is 0.750. The van der Waals surface area contributed by atoms with Gasteiger partial charge in [0.15, 0.2) is 5.78 Å². The van der Waals surface area contributed by atoms with Crippen LogP contribution in [0.3, 0.4) is 0 Å². The van der Waals surface area contributed by atoms with Crippen LogP contribution in [-0.4, -0.2) is 40.4 Å². The van der Waals surface area contributed by atoms with Gasteiger partial charge in [-0.05, 0) is 83.0 Å². The highest BCUT2D eigenvalue weighted by molar-refractivity contribution is 5.86. The van der Waals surface area contributed by atoms with E-state index in [0.29, 0.717) is 24.9 Å². The summed E-state index contributed by atoms with van der Waals surface area (Å²) >= 11 is 0. The number of aliphatic hydroxyl groups excluding tert-OH is 1. The molecule has 4 heteroatoms. The molecule has 3 rings (SSSR count). The molecule has 2 saturated carbocycles. The molecule has 0 bridgehead atoms. The zero-order valence-corrected chi connectivity index (χ0v) is 20.8. The first kappa shape index (κ1) is 25.4. The Kier molecular flexibility index (Phi) is 8.22. The monoisotopic (exact) mass is 444 g/mol. The number of fused-ring (bicyclic) bond motifs is 1. The summed E-state index contributed by atoms with van der Waals surface area (Å²) in [5.41, 5.74) is 3.27. The van der Waals surface area contributed by atoms with Gasteiger partial charge in [-0.3, -0.25) is 4.79 Å². The van der Waals surface area contributed by atoms with Crippen LogP contribution in [0.4, 0.5) is 0 Å². The van der Waals surface area contributed by atoms with E-state index >= 15 is 0 Å². The average Bonchev–Trinajstić information content (AvgIpc) is 3.07. The Balaban J connectivity index is 1.68. The highest BCUT2D eigenvalue weighted by atomic mass is 16.5. The Bertz CT molecular complexity index is 769. The van der Waals surface area contributed by atoms with E-state index < -0.39 is 5.60 Å². The normalized spacial score (nSPS) is 34.5. The maximum Gasteiger partial charge on any atom is 0.163 e. The molecule has 2 fully saturated rings. The van der Waals surface area contributed by atoms with Crippen LogP contribution in [-0.2, 0) is 9.53 Å². The van der Waals surface area contributed by atoms with Crippen molar-refractivity contribution >= 4 is 5.78 Å². The summed E-state index contributed by atoms with van der Waals surface area (Å²) in [5.74, 6) is 0.821. The molecule has 0 aliphatic heterocycles. The number of Topliss-reactive ketones (excluding diaryl/α,β-unsaturated/α-hetero) is 1. The molecule has 3 aliphatic carbocycles. The molecule has 180 valence electrons. The van der Waals surface area contributed by atoms with E-state index in [2.05, 4.69) is 32.1 Å². The second-order valence-corrected chi connectivity index (χ2v) is 11.1. The maximum absolute atomic E-state index is 12.2. The lowest BCUT2D eigenvalue weighted by atomic mass is 9.62. The van der Waals surface area contributed by atoms with Crippen LogP contribution < -0.4 is 0 Å². The van der Waals surface area contributed by atoms with Gasteiger partial charge in [0.1, 0.15) is 5.60 Å². The molecule has 0 spiro atoms. The zero-order chi connectivity index (χ0) is 23.5. The van der Waals surface area contributed by atoms with Gasteiger partial charge in [0, 0.05) is 19.4 Å². The van der Waals surface area contributed by atoms with Gasteiger partial charge in [0.25, 0.3) is 0 Å². The fourth-order valence-electron chi connectivity index (χ4n) is 6.30. The molecule has 32 heavy (non-hydrogen) atoms. The van der Waals surface area contributed by atoms with E-state index in [1.807, 2.05) is 6.92 Å². The van der Waals surface area contributed by atoms with Gasteiger partial charge >= 0.3 is 0 Å². The quantitative estimate of drug-likeness (QED) is 0.473. The summed E-state index contributed by atoms with van der Waals surface area (Å²) in [6.45, 7) is 10.5. The van der Waals surface area contributed by atoms with Gasteiger partial charge in [-0.25, -0.2) is 0 Å². The standard InChI is InChI=1S/C28H44O4/c1-6-32-23-17-20(16-22(29)18-23)10-11-21-8-7-15-28(5)24(12-13-25(21)28)19(2)9-14-26(30)27(3,4)31/h10-12,19,22-23,25,29,31H,6-9,13-18H2,1-5H3/b20-10-,21-11+/t19-,22-,23-,25?,28-/m1/s1. The number of rotatable bonds is 8. The third-order valence-electron chi connectivity index (χ3n) is 8.09. The number of hydrogen-bond acceptors (Lipinski definition) is 4. The number of allylic oxidation sites excluding steroid dienone is 5. The van der Waals surface area contributed by atoms with Crippen molar-refractivity contribution in [2.75, 3.05) is 6.61 Å². The minimum Gasteiger partial charge on any atom is -0.393 e. The van der Waals surface area contributed by atoms with E-state index in [1.54, 1.807) is 13.8 Å². The molecule has 0 radical (unpaired) electrons. The van der Waals surface area contributed by atoms with Crippen LogP contribution in [0.1, 0.15) is 92.4 Å². The van der Waals surface area contributed by atoms with Crippen LogP contribution in [0.5, 0.6) is 0 Å². The van der Waals surface area contributed by atoms with E-state index in [9.17, 15) is 15.0 Å². The first-order valence-electron chi connectivity index (χ1n) is 12.7. The zero-order valence-electron chi connectivity index (χ0n) is 20.8. The molecular formula is C28H44O4. The number of carbonyl (C=O) groups is 1. The lowest BCUT2D eigenvalue weighted by Crippen LogP contribution is -2.34. The van der Waals surface area contributed by atoms with Crippen molar-refractivity contribution < 1.29 is 19.7 Å². The first-order chi connectivity index (χ1) is 15.0. The lowest BCUT2D eigenvalue weighted by Gasteiger charge is -2.42. The molecule has 4 nitrogen and oxygen atoms in total. The molecule has 0 aromatic heterocycles. The van der Waals surface area contributed by atoms with Crippen molar-refractivity contribution in [3.05, 3.63) is 34.9 Å². The second kappa shape index (κ2) is 10.4. The predicted molar refractivity (Wildman–Crippen MR) is 129 cm³/mol. The van der Waals surface area contributed by atoms with Crippen LogP contribution in [0.2, 0.25) is 0 Å². The van der Waals surface area contributed by atoms with E-state index in [0.717, 1.165) is 38.5 Å². The number of aliphatic hydroxyl groups is 2. The molecule has 1 unspecified atom stereocenters. The molecule has 0 amide bonds. The predicted octanol–water partition coefficient (Wildman–Crippen LogP) is 5.68. The Labute approximate surface area is 194 Å². The van der Waals surface area contributed by atoms with Gasteiger partial charge in [-0.15, -0.1) is 0 Å². The van der Waals surface area contributed by atoms with E-state index in [1.165, 1.54) is 29.6 Å². The highest BCUT2D eigenvalue weighted by Crippen LogP contribution is 2.57. The largest absolute Gasteiger partial charge is 0.393 e. The van der Waals surface area contributed by atoms with E-state index in [-0.39, 0.29) is 23.4 Å². The van der Waals surface area contributed by atoms with Crippen molar-refractivity contribution in [2.45, 2.75) is 110 Å². The van der Waals surface area contributed by atoms with Gasteiger partial charge in [0.2, 0.25) is 0 Å². The number of ether oxygens (including phenoxy) is 1. The number of hydrogen-bond donors (Lipinski definition) is 2. The summed E-state index contributed by atoms with van der Waals surface area (Å²) in [6.07, 6.45) is 15.2.